The summed E-state index contributed by atoms with van der Waals surface area (Å²) in [7, 11) is 1.39. The Bertz CT molecular complexity index is 367. The van der Waals surface area contributed by atoms with E-state index in [2.05, 4.69) is 30.4 Å². The van der Waals surface area contributed by atoms with Gasteiger partial charge in [0.2, 0.25) is 0 Å². The maximum atomic E-state index is 11.0. The highest BCUT2D eigenvalue weighted by atomic mass is 16.5. The van der Waals surface area contributed by atoms with Crippen molar-refractivity contribution in [3.05, 3.63) is 47.5 Å². The van der Waals surface area contributed by atoms with E-state index in [0.717, 1.165) is 12.0 Å². The second kappa shape index (κ2) is 5.35. The lowest BCUT2D eigenvalue weighted by Gasteiger charge is -2.07. The molecule has 0 amide bonds. The van der Waals surface area contributed by atoms with Crippen molar-refractivity contribution in [3.8, 4) is 0 Å². The van der Waals surface area contributed by atoms with Crippen LogP contribution in [0.1, 0.15) is 17.5 Å². The molecule has 0 saturated heterocycles. The van der Waals surface area contributed by atoms with Gasteiger partial charge in [0, 0.05) is 0 Å². The fourth-order valence-corrected chi connectivity index (χ4v) is 1.42. The van der Waals surface area contributed by atoms with E-state index < -0.39 is 0 Å². The van der Waals surface area contributed by atoms with Gasteiger partial charge in [-0.05, 0) is 24.5 Å². The van der Waals surface area contributed by atoms with Gasteiger partial charge in [0.25, 0.3) is 0 Å². The lowest BCUT2D eigenvalue weighted by molar-refractivity contribution is -0.139. The highest BCUT2D eigenvalue weighted by molar-refractivity contribution is 5.72. The van der Waals surface area contributed by atoms with E-state index in [4.69, 9.17) is 0 Å². The number of hydrogen-bond donors (Lipinski definition) is 0. The summed E-state index contributed by atoms with van der Waals surface area (Å²) in [4.78, 5) is 11.0. The molecule has 1 aromatic carbocycles. The predicted octanol–water partition coefficient (Wildman–Crippen LogP) is 2.66. The Morgan fingerprint density at radius 2 is 2.07 bits per heavy atom. The van der Waals surface area contributed by atoms with E-state index in [0.29, 0.717) is 6.42 Å². The number of rotatable bonds is 4. The van der Waals surface area contributed by atoms with Crippen molar-refractivity contribution in [3.63, 3.8) is 0 Å². The zero-order valence-corrected chi connectivity index (χ0v) is 9.25. The first-order chi connectivity index (χ1) is 7.13. The number of methoxy groups -OCH3 is 1. The summed E-state index contributed by atoms with van der Waals surface area (Å²) in [6.45, 7) is 5.93. The summed E-state index contributed by atoms with van der Waals surface area (Å²) in [6.07, 6.45) is 1.03. The van der Waals surface area contributed by atoms with Crippen molar-refractivity contribution in [2.24, 2.45) is 0 Å². The molecule has 2 nitrogen and oxygen atoms in total. The van der Waals surface area contributed by atoms with Crippen LogP contribution in [0, 0.1) is 6.92 Å². The summed E-state index contributed by atoms with van der Waals surface area (Å²) in [6, 6.07) is 8.11. The Kier molecular flexibility index (Phi) is 4.10. The average Bonchev–Trinajstić information content (AvgIpc) is 2.21. The van der Waals surface area contributed by atoms with Gasteiger partial charge in [-0.1, -0.05) is 36.4 Å². The van der Waals surface area contributed by atoms with Crippen LogP contribution in [0.15, 0.2) is 36.4 Å². The first-order valence-electron chi connectivity index (χ1n) is 4.91. The van der Waals surface area contributed by atoms with Crippen LogP contribution < -0.4 is 0 Å². The Balaban J connectivity index is 2.59. The van der Waals surface area contributed by atoms with Gasteiger partial charge in [0.05, 0.1) is 13.5 Å². The van der Waals surface area contributed by atoms with Crippen molar-refractivity contribution in [2.45, 2.75) is 19.8 Å². The van der Waals surface area contributed by atoms with Gasteiger partial charge in [-0.15, -0.1) is 0 Å². The van der Waals surface area contributed by atoms with Gasteiger partial charge in [-0.25, -0.2) is 0 Å². The van der Waals surface area contributed by atoms with Crippen LogP contribution >= 0.6 is 0 Å². The second-order valence-corrected chi connectivity index (χ2v) is 3.61. The Labute approximate surface area is 90.6 Å². The quantitative estimate of drug-likeness (QED) is 0.556. The van der Waals surface area contributed by atoms with Crippen LogP contribution in [0.4, 0.5) is 0 Å². The SMILES string of the molecule is C=C(CC(=O)OC)Cc1ccccc1C. The molecule has 1 rings (SSSR count). The fraction of sp³-hybridized carbons (Fsp3) is 0.308. The molecular weight excluding hydrogens is 188 g/mol. The van der Waals surface area contributed by atoms with Crippen molar-refractivity contribution in [1.29, 1.82) is 0 Å². The van der Waals surface area contributed by atoms with Crippen molar-refractivity contribution < 1.29 is 9.53 Å². The maximum absolute atomic E-state index is 11.0. The Hall–Kier alpha value is -1.57. The second-order valence-electron chi connectivity index (χ2n) is 3.61. The third-order valence-electron chi connectivity index (χ3n) is 2.32. The van der Waals surface area contributed by atoms with E-state index in [1.54, 1.807) is 0 Å². The zero-order chi connectivity index (χ0) is 11.3. The van der Waals surface area contributed by atoms with Gasteiger partial charge in [-0.2, -0.15) is 0 Å². The normalized spacial score (nSPS) is 9.73. The summed E-state index contributed by atoms with van der Waals surface area (Å²) in [5.41, 5.74) is 3.33. The van der Waals surface area contributed by atoms with Crippen LogP contribution in [-0.2, 0) is 16.0 Å². The third-order valence-corrected chi connectivity index (χ3v) is 2.32. The smallest absolute Gasteiger partial charge is 0.309 e. The van der Waals surface area contributed by atoms with Gasteiger partial charge < -0.3 is 4.74 Å². The Morgan fingerprint density at radius 3 is 2.67 bits per heavy atom. The topological polar surface area (TPSA) is 26.3 Å². The van der Waals surface area contributed by atoms with Crippen molar-refractivity contribution in [2.75, 3.05) is 7.11 Å². The molecule has 0 aliphatic carbocycles. The molecule has 0 aliphatic rings. The van der Waals surface area contributed by atoms with Crippen LogP contribution in [-0.4, -0.2) is 13.1 Å². The van der Waals surface area contributed by atoms with Crippen molar-refractivity contribution >= 4 is 5.97 Å². The lowest BCUT2D eigenvalue weighted by atomic mass is 10.00. The molecule has 0 heterocycles. The zero-order valence-electron chi connectivity index (χ0n) is 9.25. The van der Waals surface area contributed by atoms with Crippen LogP contribution in [0.5, 0.6) is 0 Å². The molecule has 1 aromatic rings. The summed E-state index contributed by atoms with van der Waals surface area (Å²) < 4.78 is 4.59. The number of carbonyl (C=O) groups excluding carboxylic acids is 1. The summed E-state index contributed by atoms with van der Waals surface area (Å²) in [5, 5.41) is 0. The van der Waals surface area contributed by atoms with Crippen LogP contribution in [0.25, 0.3) is 0 Å². The monoisotopic (exact) mass is 204 g/mol. The van der Waals surface area contributed by atoms with Gasteiger partial charge >= 0.3 is 5.97 Å². The summed E-state index contributed by atoms with van der Waals surface area (Å²) in [5.74, 6) is -0.228. The Morgan fingerprint density at radius 1 is 1.40 bits per heavy atom. The molecular formula is C13H16O2. The molecule has 0 N–H and O–H groups in total. The number of esters is 1. The largest absolute Gasteiger partial charge is 0.469 e. The van der Waals surface area contributed by atoms with E-state index in [-0.39, 0.29) is 5.97 Å². The van der Waals surface area contributed by atoms with Crippen LogP contribution in [0.3, 0.4) is 0 Å². The molecule has 0 atom stereocenters. The van der Waals surface area contributed by atoms with E-state index in [9.17, 15) is 4.79 Å². The molecule has 15 heavy (non-hydrogen) atoms. The molecule has 0 radical (unpaired) electrons. The van der Waals surface area contributed by atoms with E-state index >= 15 is 0 Å². The number of aryl methyl sites for hydroxylation is 1. The van der Waals surface area contributed by atoms with E-state index in [1.165, 1.54) is 18.2 Å². The highest BCUT2D eigenvalue weighted by Crippen LogP contribution is 2.13. The number of hydrogen-bond acceptors (Lipinski definition) is 2. The molecule has 80 valence electrons. The van der Waals surface area contributed by atoms with Gasteiger partial charge in [0.15, 0.2) is 0 Å². The molecule has 2 heteroatoms. The minimum Gasteiger partial charge on any atom is -0.469 e. The first-order valence-corrected chi connectivity index (χ1v) is 4.91. The third kappa shape index (κ3) is 3.58. The minimum absolute atomic E-state index is 0.228. The minimum atomic E-state index is -0.228. The standard InChI is InChI=1S/C13H16O2/c1-10(9-13(14)15-3)8-12-7-5-4-6-11(12)2/h4-7H,1,8-9H2,2-3H3. The average molecular weight is 204 g/mol. The molecule has 0 aromatic heterocycles. The van der Waals surface area contributed by atoms with Gasteiger partial charge in [0.1, 0.15) is 0 Å². The van der Waals surface area contributed by atoms with Crippen LogP contribution in [0.2, 0.25) is 0 Å². The van der Waals surface area contributed by atoms with E-state index in [1.807, 2.05) is 12.1 Å². The first kappa shape index (κ1) is 11.5. The van der Waals surface area contributed by atoms with Gasteiger partial charge in [-0.3, -0.25) is 4.79 Å². The van der Waals surface area contributed by atoms with Crippen molar-refractivity contribution in [1.82, 2.24) is 0 Å². The number of benzene rings is 1. The maximum Gasteiger partial charge on any atom is 0.309 e. The predicted molar refractivity (Wildman–Crippen MR) is 60.7 cm³/mol. The molecule has 0 bridgehead atoms. The number of carbonyl (C=O) groups is 1. The number of ether oxygens (including phenoxy) is 1. The highest BCUT2D eigenvalue weighted by Gasteiger charge is 2.05. The fourth-order valence-electron chi connectivity index (χ4n) is 1.42. The molecule has 0 fully saturated rings. The molecule has 0 unspecified atom stereocenters. The summed E-state index contributed by atoms with van der Waals surface area (Å²) >= 11 is 0. The molecule has 0 spiro atoms. The molecule has 0 saturated carbocycles. The molecule has 0 aliphatic heterocycles. The lowest BCUT2D eigenvalue weighted by Crippen LogP contribution is -2.03.